The second-order valence-corrected chi connectivity index (χ2v) is 10.9. The van der Waals surface area contributed by atoms with E-state index in [1.54, 1.807) is 15.9 Å². The number of benzene rings is 1. The molecule has 0 fully saturated rings. The lowest BCUT2D eigenvalue weighted by Crippen LogP contribution is -2.22. The summed E-state index contributed by atoms with van der Waals surface area (Å²) in [6, 6.07) is 9.56. The molecule has 1 aromatic carbocycles. The first-order valence-electron chi connectivity index (χ1n) is 11.9. The highest BCUT2D eigenvalue weighted by atomic mass is 32.2. The number of hydrogen-bond acceptors (Lipinski definition) is 7. The van der Waals surface area contributed by atoms with Crippen molar-refractivity contribution in [2.75, 3.05) is 12.4 Å². The molecule has 1 aliphatic rings. The van der Waals surface area contributed by atoms with Crippen molar-refractivity contribution < 1.29 is 9.53 Å². The van der Waals surface area contributed by atoms with E-state index in [0.717, 1.165) is 60.0 Å². The molecule has 0 spiro atoms. The molecule has 5 rings (SSSR count). The van der Waals surface area contributed by atoms with Gasteiger partial charge in [0, 0.05) is 4.88 Å². The van der Waals surface area contributed by atoms with Gasteiger partial charge in [0.25, 0.3) is 5.56 Å². The fourth-order valence-corrected chi connectivity index (χ4v) is 6.80. The molecule has 0 aliphatic heterocycles. The zero-order valence-electron chi connectivity index (χ0n) is 19.5. The standard InChI is InChI=1S/C25H28N4O3S2/c1-3-4-8-13-32-20(30)15-33-25-27-26-24-28(17-9-6-5-7-10-17)22(31)21-18-12-11-16(2)14-19(18)34-23(21)29(24)25/h5-7,9-10,16H,3-4,8,11-15H2,1-2H3/t16-/m1/s1. The van der Waals surface area contributed by atoms with Crippen molar-refractivity contribution in [1.82, 2.24) is 19.2 Å². The van der Waals surface area contributed by atoms with Gasteiger partial charge in [0.05, 0.1) is 23.4 Å². The van der Waals surface area contributed by atoms with Crippen LogP contribution in [0, 0.1) is 5.92 Å². The third kappa shape index (κ3) is 4.27. The molecule has 3 heterocycles. The molecule has 9 heteroatoms. The van der Waals surface area contributed by atoms with E-state index in [-0.39, 0.29) is 17.3 Å². The van der Waals surface area contributed by atoms with Gasteiger partial charge in [-0.2, -0.15) is 0 Å². The number of hydrogen-bond donors (Lipinski definition) is 0. The van der Waals surface area contributed by atoms with Crippen LogP contribution in [-0.4, -0.2) is 37.5 Å². The number of thiophene rings is 1. The van der Waals surface area contributed by atoms with Crippen LogP contribution in [0.25, 0.3) is 21.7 Å². The van der Waals surface area contributed by atoms with Gasteiger partial charge in [0.2, 0.25) is 5.78 Å². The molecule has 1 atom stereocenters. The molecule has 0 radical (unpaired) electrons. The summed E-state index contributed by atoms with van der Waals surface area (Å²) in [5, 5.41) is 10.1. The van der Waals surface area contributed by atoms with Crippen molar-refractivity contribution in [3.05, 3.63) is 51.1 Å². The summed E-state index contributed by atoms with van der Waals surface area (Å²) in [5.74, 6) is 0.963. The van der Waals surface area contributed by atoms with Gasteiger partial charge in [-0.15, -0.1) is 21.5 Å². The number of aromatic nitrogens is 4. The molecule has 7 nitrogen and oxygen atoms in total. The average Bonchev–Trinajstić information content (AvgIpc) is 3.42. The molecule has 0 bridgehead atoms. The maximum absolute atomic E-state index is 13.8. The van der Waals surface area contributed by atoms with Gasteiger partial charge in [-0.3, -0.25) is 9.59 Å². The number of unbranched alkanes of at least 4 members (excludes halogenated alkanes) is 2. The molecule has 4 aromatic rings. The van der Waals surface area contributed by atoms with Crippen molar-refractivity contribution in [3.8, 4) is 5.69 Å². The molecular formula is C25H28N4O3S2. The first kappa shape index (κ1) is 23.1. The van der Waals surface area contributed by atoms with E-state index in [0.29, 0.717) is 23.5 Å². The topological polar surface area (TPSA) is 78.5 Å². The average molecular weight is 497 g/mol. The molecule has 0 saturated carbocycles. The van der Waals surface area contributed by atoms with E-state index < -0.39 is 0 Å². The molecule has 0 N–H and O–H groups in total. The summed E-state index contributed by atoms with van der Waals surface area (Å²) < 4.78 is 8.96. The van der Waals surface area contributed by atoms with Gasteiger partial charge in [0.1, 0.15) is 4.83 Å². The first-order chi connectivity index (χ1) is 16.6. The third-order valence-corrected chi connectivity index (χ3v) is 8.42. The van der Waals surface area contributed by atoms with Gasteiger partial charge in [-0.1, -0.05) is 56.7 Å². The zero-order chi connectivity index (χ0) is 23.7. The van der Waals surface area contributed by atoms with Gasteiger partial charge in [-0.05, 0) is 49.3 Å². The summed E-state index contributed by atoms with van der Waals surface area (Å²) in [4.78, 5) is 28.2. The zero-order valence-corrected chi connectivity index (χ0v) is 21.1. The van der Waals surface area contributed by atoms with Crippen molar-refractivity contribution >= 4 is 45.1 Å². The second-order valence-electron chi connectivity index (χ2n) is 8.84. The summed E-state index contributed by atoms with van der Waals surface area (Å²) >= 11 is 2.97. The number of thioether (sulfide) groups is 1. The number of aryl methyl sites for hydroxylation is 1. The van der Waals surface area contributed by atoms with Crippen molar-refractivity contribution in [1.29, 1.82) is 0 Å². The van der Waals surface area contributed by atoms with Gasteiger partial charge < -0.3 is 4.74 Å². The number of rotatable bonds is 8. The van der Waals surface area contributed by atoms with Crippen LogP contribution >= 0.6 is 23.1 Å². The number of fused-ring (bicyclic) bond motifs is 5. The predicted molar refractivity (Wildman–Crippen MR) is 136 cm³/mol. The quantitative estimate of drug-likeness (QED) is 0.193. The normalized spacial score (nSPS) is 15.6. The lowest BCUT2D eigenvalue weighted by Gasteiger charge is -2.17. The lowest BCUT2D eigenvalue weighted by atomic mass is 9.89. The Morgan fingerprint density at radius 1 is 1.24 bits per heavy atom. The van der Waals surface area contributed by atoms with Crippen LogP contribution in [0.2, 0.25) is 0 Å². The molecule has 34 heavy (non-hydrogen) atoms. The molecule has 1 aliphatic carbocycles. The summed E-state index contributed by atoms with van der Waals surface area (Å²) in [6.45, 7) is 4.83. The lowest BCUT2D eigenvalue weighted by molar-refractivity contribution is -0.140. The van der Waals surface area contributed by atoms with Gasteiger partial charge in [-0.25, -0.2) is 8.97 Å². The van der Waals surface area contributed by atoms with Crippen LogP contribution in [0.4, 0.5) is 0 Å². The van der Waals surface area contributed by atoms with Crippen LogP contribution < -0.4 is 5.56 Å². The molecule has 0 saturated heterocycles. The molecule has 178 valence electrons. The van der Waals surface area contributed by atoms with Crippen LogP contribution in [0.1, 0.15) is 50.0 Å². The van der Waals surface area contributed by atoms with Gasteiger partial charge in [0.15, 0.2) is 5.16 Å². The highest BCUT2D eigenvalue weighted by Gasteiger charge is 2.27. The van der Waals surface area contributed by atoms with Crippen LogP contribution in [0.3, 0.4) is 0 Å². The fourth-order valence-electron chi connectivity index (χ4n) is 4.51. The molecule has 0 amide bonds. The number of esters is 1. The minimum atomic E-state index is -0.259. The Kier molecular flexibility index (Phi) is 6.74. The van der Waals surface area contributed by atoms with E-state index in [1.165, 1.54) is 16.6 Å². The van der Waals surface area contributed by atoms with E-state index >= 15 is 0 Å². The Balaban J connectivity index is 1.60. The number of carbonyl (C=O) groups excluding carboxylic acids is 1. The fraction of sp³-hybridized carbons (Fsp3) is 0.440. The number of ether oxygens (including phenoxy) is 1. The Morgan fingerprint density at radius 2 is 2.06 bits per heavy atom. The second kappa shape index (κ2) is 9.92. The van der Waals surface area contributed by atoms with E-state index in [9.17, 15) is 9.59 Å². The Hall–Kier alpha value is -2.65. The van der Waals surface area contributed by atoms with E-state index in [2.05, 4.69) is 24.0 Å². The van der Waals surface area contributed by atoms with E-state index in [4.69, 9.17) is 4.74 Å². The van der Waals surface area contributed by atoms with Crippen molar-refractivity contribution in [3.63, 3.8) is 0 Å². The predicted octanol–water partition coefficient (Wildman–Crippen LogP) is 5.05. The summed E-state index contributed by atoms with van der Waals surface area (Å²) in [6.07, 6.45) is 5.97. The Morgan fingerprint density at radius 3 is 2.85 bits per heavy atom. The first-order valence-corrected chi connectivity index (χ1v) is 13.7. The summed E-state index contributed by atoms with van der Waals surface area (Å²) in [5.41, 5.74) is 1.86. The highest BCUT2D eigenvalue weighted by molar-refractivity contribution is 7.99. The number of para-hydroxylation sites is 1. The Bertz CT molecular complexity index is 1390. The Labute approximate surface area is 206 Å². The van der Waals surface area contributed by atoms with Crippen LogP contribution in [0.15, 0.2) is 40.3 Å². The molecular weight excluding hydrogens is 468 g/mol. The SMILES string of the molecule is CCCCCOC(=O)CSc1nnc2n(-c3ccccc3)c(=O)c3c4c(sc3n12)C[C@H](C)CC4. The number of nitrogens with zero attached hydrogens (tertiary/aromatic N) is 4. The van der Waals surface area contributed by atoms with E-state index in [1.807, 2.05) is 34.7 Å². The highest BCUT2D eigenvalue weighted by Crippen LogP contribution is 2.38. The summed E-state index contributed by atoms with van der Waals surface area (Å²) in [7, 11) is 0. The largest absolute Gasteiger partial charge is 0.465 e. The monoisotopic (exact) mass is 496 g/mol. The smallest absolute Gasteiger partial charge is 0.316 e. The molecule has 0 unspecified atom stereocenters. The maximum Gasteiger partial charge on any atom is 0.316 e. The van der Waals surface area contributed by atoms with Crippen molar-refractivity contribution in [2.24, 2.45) is 5.92 Å². The third-order valence-electron chi connectivity index (χ3n) is 6.27. The van der Waals surface area contributed by atoms with Crippen LogP contribution in [0.5, 0.6) is 0 Å². The number of carbonyl (C=O) groups is 1. The van der Waals surface area contributed by atoms with Crippen molar-refractivity contribution in [2.45, 2.75) is 57.5 Å². The molecule has 3 aromatic heterocycles. The van der Waals surface area contributed by atoms with Gasteiger partial charge >= 0.3 is 5.97 Å². The minimum Gasteiger partial charge on any atom is -0.465 e. The maximum atomic E-state index is 13.8. The minimum absolute atomic E-state index is 0.0555. The van der Waals surface area contributed by atoms with Crippen LogP contribution in [-0.2, 0) is 22.4 Å².